The lowest BCUT2D eigenvalue weighted by Crippen LogP contribution is -2.30. The van der Waals surface area contributed by atoms with E-state index in [4.69, 9.17) is 5.73 Å². The van der Waals surface area contributed by atoms with Crippen molar-refractivity contribution in [1.29, 1.82) is 0 Å². The van der Waals surface area contributed by atoms with E-state index in [0.29, 0.717) is 22.6 Å². The molecule has 0 radical (unpaired) electrons. The Labute approximate surface area is 188 Å². The number of anilines is 1. The number of hydrogen-bond donors (Lipinski definition) is 2. The van der Waals surface area contributed by atoms with Crippen LogP contribution in [0.4, 0.5) is 10.2 Å². The number of nitrogens with two attached hydrogens (primary N) is 1. The van der Waals surface area contributed by atoms with Crippen molar-refractivity contribution in [2.45, 2.75) is 26.8 Å². The summed E-state index contributed by atoms with van der Waals surface area (Å²) in [7, 11) is 0. The van der Waals surface area contributed by atoms with Crippen LogP contribution in [0.2, 0.25) is 0 Å². The zero-order chi connectivity index (χ0) is 23.3. The zero-order valence-corrected chi connectivity index (χ0v) is 18.4. The molecule has 5 aromatic rings. The van der Waals surface area contributed by atoms with Gasteiger partial charge in [0.15, 0.2) is 11.5 Å². The molecule has 0 aliphatic rings. The van der Waals surface area contributed by atoms with E-state index >= 15 is 0 Å². The number of hydrogen-bond acceptors (Lipinski definition) is 5. The number of imidazole rings is 2. The second kappa shape index (κ2) is 7.70. The highest BCUT2D eigenvalue weighted by Crippen LogP contribution is 2.34. The molecule has 33 heavy (non-hydrogen) atoms. The minimum Gasteiger partial charge on any atom is -0.381 e. The van der Waals surface area contributed by atoms with Gasteiger partial charge < -0.3 is 15.5 Å². The average Bonchev–Trinajstić information content (AvgIpc) is 3.38. The Morgan fingerprint density at radius 2 is 1.76 bits per heavy atom. The van der Waals surface area contributed by atoms with Crippen LogP contribution in [0.15, 0.2) is 55.0 Å². The van der Waals surface area contributed by atoms with E-state index in [9.17, 15) is 9.18 Å². The number of pyridine rings is 1. The molecule has 9 heteroatoms. The molecule has 0 saturated heterocycles. The first kappa shape index (κ1) is 20.6. The summed E-state index contributed by atoms with van der Waals surface area (Å²) >= 11 is 0. The van der Waals surface area contributed by atoms with Crippen LogP contribution in [-0.4, -0.2) is 35.7 Å². The molecule has 3 N–H and O–H groups in total. The summed E-state index contributed by atoms with van der Waals surface area (Å²) in [6.45, 7) is 5.72. The number of fused-ring (bicyclic) bond motifs is 2. The predicted octanol–water partition coefficient (Wildman–Crippen LogP) is 3.88. The van der Waals surface area contributed by atoms with Crippen molar-refractivity contribution in [1.82, 2.24) is 29.1 Å². The van der Waals surface area contributed by atoms with Gasteiger partial charge in [-0.2, -0.15) is 0 Å². The van der Waals surface area contributed by atoms with E-state index in [1.165, 1.54) is 12.1 Å². The van der Waals surface area contributed by atoms with Gasteiger partial charge in [-0.3, -0.25) is 9.20 Å². The van der Waals surface area contributed by atoms with Gasteiger partial charge in [0.1, 0.15) is 17.2 Å². The van der Waals surface area contributed by atoms with Crippen molar-refractivity contribution in [2.75, 3.05) is 5.73 Å². The fraction of sp³-hybridized carbons (Fsp3) is 0.167. The quantitative estimate of drug-likeness (QED) is 0.439. The molecule has 0 aliphatic heterocycles. The van der Waals surface area contributed by atoms with Crippen molar-refractivity contribution in [3.05, 3.63) is 72.2 Å². The minimum absolute atomic E-state index is 0.0429. The maximum absolute atomic E-state index is 13.6. The molecular weight excluding hydrogens is 421 g/mol. The number of amides is 1. The highest BCUT2D eigenvalue weighted by Gasteiger charge is 2.21. The van der Waals surface area contributed by atoms with E-state index in [-0.39, 0.29) is 29.3 Å². The number of nitrogens with zero attached hydrogens (tertiary/aromatic N) is 5. The molecule has 0 aliphatic carbocycles. The minimum atomic E-state index is -0.347. The number of benzene rings is 1. The van der Waals surface area contributed by atoms with Crippen LogP contribution in [0.3, 0.4) is 0 Å². The summed E-state index contributed by atoms with van der Waals surface area (Å²) in [6.07, 6.45) is 5.39. The Hall–Kier alpha value is -4.27. The number of rotatable bonds is 4. The van der Waals surface area contributed by atoms with Crippen LogP contribution in [0.25, 0.3) is 33.8 Å². The van der Waals surface area contributed by atoms with E-state index in [1.807, 2.05) is 43.5 Å². The second-order valence-corrected chi connectivity index (χ2v) is 8.19. The molecule has 4 heterocycles. The molecule has 1 amide bonds. The van der Waals surface area contributed by atoms with Crippen LogP contribution in [-0.2, 0) is 0 Å². The molecule has 0 saturated carbocycles. The Morgan fingerprint density at radius 1 is 1.03 bits per heavy atom. The number of carbonyl (C=O) groups is 1. The number of aryl methyl sites for hydroxylation is 1. The Kier molecular flexibility index (Phi) is 4.81. The summed E-state index contributed by atoms with van der Waals surface area (Å²) in [6, 6.07) is 9.84. The fourth-order valence-corrected chi connectivity index (χ4v) is 3.84. The van der Waals surface area contributed by atoms with Crippen LogP contribution >= 0.6 is 0 Å². The first-order valence-electron chi connectivity index (χ1n) is 10.5. The Morgan fingerprint density at radius 3 is 2.48 bits per heavy atom. The normalized spacial score (nSPS) is 11.5. The van der Waals surface area contributed by atoms with E-state index < -0.39 is 0 Å². The molecule has 166 valence electrons. The number of carbonyl (C=O) groups excluding carboxylic acids is 1. The lowest BCUT2D eigenvalue weighted by molar-refractivity contribution is 0.0938. The van der Waals surface area contributed by atoms with Crippen LogP contribution in [0.1, 0.15) is 30.0 Å². The average molecular weight is 443 g/mol. The van der Waals surface area contributed by atoms with Gasteiger partial charge in [0.2, 0.25) is 0 Å². The van der Waals surface area contributed by atoms with E-state index in [1.54, 1.807) is 28.9 Å². The third kappa shape index (κ3) is 3.57. The summed E-state index contributed by atoms with van der Waals surface area (Å²) in [5, 5.41) is 2.85. The summed E-state index contributed by atoms with van der Waals surface area (Å²) < 4.78 is 17.4. The molecule has 0 fully saturated rings. The Balaban J connectivity index is 1.82. The molecule has 8 nitrogen and oxygen atoms in total. The van der Waals surface area contributed by atoms with Gasteiger partial charge in [0.05, 0.1) is 11.4 Å². The number of nitrogen functional groups attached to an aromatic ring is 1. The molecule has 4 aromatic heterocycles. The maximum Gasteiger partial charge on any atom is 0.271 e. The van der Waals surface area contributed by atoms with Gasteiger partial charge in [-0.25, -0.2) is 19.3 Å². The van der Waals surface area contributed by atoms with Gasteiger partial charge in [-0.1, -0.05) is 0 Å². The topological polar surface area (TPSA) is 103 Å². The van der Waals surface area contributed by atoms with Gasteiger partial charge in [-0.15, -0.1) is 0 Å². The first-order chi connectivity index (χ1) is 15.8. The van der Waals surface area contributed by atoms with Crippen molar-refractivity contribution < 1.29 is 9.18 Å². The lowest BCUT2D eigenvalue weighted by atomic mass is 10.0. The van der Waals surface area contributed by atoms with Gasteiger partial charge >= 0.3 is 0 Å². The molecule has 0 unspecified atom stereocenters. The van der Waals surface area contributed by atoms with Crippen LogP contribution in [0, 0.1) is 12.7 Å². The highest BCUT2D eigenvalue weighted by atomic mass is 19.1. The van der Waals surface area contributed by atoms with Crippen LogP contribution in [0.5, 0.6) is 0 Å². The lowest BCUT2D eigenvalue weighted by Gasteiger charge is -2.14. The summed E-state index contributed by atoms with van der Waals surface area (Å²) in [5.41, 5.74) is 11.4. The highest BCUT2D eigenvalue weighted by molar-refractivity contribution is 5.94. The molecular formula is C24H22FN7O. The first-order valence-corrected chi connectivity index (χ1v) is 10.5. The second-order valence-electron chi connectivity index (χ2n) is 8.19. The van der Waals surface area contributed by atoms with Crippen molar-refractivity contribution in [2.24, 2.45) is 0 Å². The van der Waals surface area contributed by atoms with Gasteiger partial charge in [0, 0.05) is 41.5 Å². The number of nitrogens with one attached hydrogen (secondary N) is 1. The van der Waals surface area contributed by atoms with E-state index in [0.717, 1.165) is 16.9 Å². The predicted molar refractivity (Wildman–Crippen MR) is 124 cm³/mol. The largest absolute Gasteiger partial charge is 0.381 e. The molecule has 0 spiro atoms. The van der Waals surface area contributed by atoms with Gasteiger partial charge in [-0.05, 0) is 57.2 Å². The van der Waals surface area contributed by atoms with Gasteiger partial charge in [0.25, 0.3) is 5.91 Å². The maximum atomic E-state index is 13.6. The number of halogens is 1. The van der Waals surface area contributed by atoms with Crippen molar-refractivity contribution in [3.63, 3.8) is 0 Å². The molecule has 5 rings (SSSR count). The third-order valence-corrected chi connectivity index (χ3v) is 5.37. The fourth-order valence-electron chi connectivity index (χ4n) is 3.84. The van der Waals surface area contributed by atoms with Crippen LogP contribution < -0.4 is 11.1 Å². The standard InChI is InChI=1S/C24H22FN7O/c1-13(2)28-24(33)18-12-32-21(16-6-9-19-27-10-14(3)31(19)11-16)20(30-22(26)23(32)29-18)15-4-7-17(25)8-5-15/h4-13H,1-3H3,(H2,26,30)(H,28,33). The van der Waals surface area contributed by atoms with Crippen molar-refractivity contribution in [3.8, 4) is 22.5 Å². The molecule has 0 bridgehead atoms. The van der Waals surface area contributed by atoms with Crippen molar-refractivity contribution >= 4 is 23.0 Å². The zero-order valence-electron chi connectivity index (χ0n) is 18.4. The third-order valence-electron chi connectivity index (χ3n) is 5.37. The number of aromatic nitrogens is 5. The van der Waals surface area contributed by atoms with E-state index in [2.05, 4.69) is 20.3 Å². The Bertz CT molecular complexity index is 1520. The SMILES string of the molecule is Cc1cnc2ccc(-c3c(-c4ccc(F)cc4)nc(N)c4nc(C(=O)NC(C)C)cn34)cn12. The summed E-state index contributed by atoms with van der Waals surface area (Å²) in [4.78, 5) is 26.1. The summed E-state index contributed by atoms with van der Waals surface area (Å²) in [5.74, 6) is -0.482. The monoisotopic (exact) mass is 443 g/mol. The molecule has 1 aromatic carbocycles. The smallest absolute Gasteiger partial charge is 0.271 e. The molecule has 0 atom stereocenters.